The van der Waals surface area contributed by atoms with Crippen molar-refractivity contribution in [3.63, 3.8) is 0 Å². The molecule has 0 aromatic heterocycles. The van der Waals surface area contributed by atoms with Crippen LogP contribution < -0.4 is 5.32 Å². The zero-order valence-corrected chi connectivity index (χ0v) is 14.7. The van der Waals surface area contributed by atoms with Gasteiger partial charge in [0, 0.05) is 24.7 Å². The first kappa shape index (κ1) is 17.5. The van der Waals surface area contributed by atoms with Crippen LogP contribution in [0.5, 0.6) is 0 Å². The van der Waals surface area contributed by atoms with Gasteiger partial charge in [0.25, 0.3) is 0 Å². The molecule has 0 spiro atoms. The monoisotopic (exact) mass is 344 g/mol. The number of amides is 2. The molecule has 1 atom stereocenters. The van der Waals surface area contributed by atoms with Crippen LogP contribution in [-0.4, -0.2) is 42.4 Å². The summed E-state index contributed by atoms with van der Waals surface area (Å²) in [5.74, 6) is -0.876. The highest BCUT2D eigenvalue weighted by molar-refractivity contribution is 5.99. The Morgan fingerprint density at radius 1 is 1.24 bits per heavy atom. The van der Waals surface area contributed by atoms with Crippen molar-refractivity contribution in [2.24, 2.45) is 5.92 Å². The summed E-state index contributed by atoms with van der Waals surface area (Å²) in [6, 6.07) is 5.35. The van der Waals surface area contributed by atoms with E-state index < -0.39 is 5.97 Å². The minimum atomic E-state index is -0.445. The number of hydrogen-bond donors (Lipinski definition) is 1. The molecule has 0 bridgehead atoms. The quantitative estimate of drug-likeness (QED) is 0.852. The van der Waals surface area contributed by atoms with Crippen LogP contribution in [0.2, 0.25) is 0 Å². The third-order valence-corrected chi connectivity index (χ3v) is 5.21. The van der Waals surface area contributed by atoms with Crippen LogP contribution in [0.1, 0.15) is 48.0 Å². The van der Waals surface area contributed by atoms with Gasteiger partial charge < -0.3 is 15.0 Å². The zero-order chi connectivity index (χ0) is 18.0. The molecule has 1 heterocycles. The minimum absolute atomic E-state index is 0.0760. The Kier molecular flexibility index (Phi) is 5.06. The average molecular weight is 344 g/mol. The molecule has 1 aromatic carbocycles. The van der Waals surface area contributed by atoms with Gasteiger partial charge in [0.05, 0.1) is 18.6 Å². The fraction of sp³-hybridized carbons (Fsp3) is 0.526. The summed E-state index contributed by atoms with van der Waals surface area (Å²) in [5.41, 5.74) is 1.83. The summed E-state index contributed by atoms with van der Waals surface area (Å²) in [4.78, 5) is 38.4. The standard InChI is InChI=1S/C19H24N2O4/c1-12-7-8-13(19(24)25-2)9-16(12)20-18(23)14-10-17(22)21(11-14)15-5-3-4-6-15/h7-9,14-15H,3-6,10-11H2,1-2H3,(H,20,23)/t14-/m1/s1. The topological polar surface area (TPSA) is 75.7 Å². The van der Waals surface area contributed by atoms with Crippen LogP contribution in [0.15, 0.2) is 18.2 Å². The molecule has 2 aliphatic rings. The van der Waals surface area contributed by atoms with Gasteiger partial charge in [-0.25, -0.2) is 4.79 Å². The summed E-state index contributed by atoms with van der Waals surface area (Å²) < 4.78 is 4.72. The number of methoxy groups -OCH3 is 1. The maximum atomic E-state index is 12.6. The molecule has 0 unspecified atom stereocenters. The van der Waals surface area contributed by atoms with E-state index in [2.05, 4.69) is 5.32 Å². The molecule has 1 aromatic rings. The molecule has 0 radical (unpaired) electrons. The fourth-order valence-electron chi connectivity index (χ4n) is 3.71. The molecule has 6 nitrogen and oxygen atoms in total. The SMILES string of the molecule is COC(=O)c1ccc(C)c(NC(=O)[C@@H]2CC(=O)N(C3CCCC3)C2)c1. The molecule has 3 rings (SSSR count). The Bertz CT molecular complexity index is 695. The largest absolute Gasteiger partial charge is 0.465 e. The first-order chi connectivity index (χ1) is 12.0. The van der Waals surface area contributed by atoms with Crippen LogP contribution in [-0.2, 0) is 14.3 Å². The van der Waals surface area contributed by atoms with Crippen LogP contribution >= 0.6 is 0 Å². The molecule has 134 valence electrons. The number of anilines is 1. The highest BCUT2D eigenvalue weighted by Gasteiger charge is 2.38. The Labute approximate surface area is 147 Å². The molecular weight excluding hydrogens is 320 g/mol. The minimum Gasteiger partial charge on any atom is -0.465 e. The number of aryl methyl sites for hydroxylation is 1. The molecule has 1 aliphatic carbocycles. The number of carbonyl (C=O) groups excluding carboxylic acids is 3. The smallest absolute Gasteiger partial charge is 0.337 e. The van der Waals surface area contributed by atoms with Gasteiger partial charge >= 0.3 is 5.97 Å². The van der Waals surface area contributed by atoms with Crippen LogP contribution in [0, 0.1) is 12.8 Å². The normalized spacial score (nSPS) is 20.8. The van der Waals surface area contributed by atoms with E-state index in [-0.39, 0.29) is 24.2 Å². The van der Waals surface area contributed by atoms with Gasteiger partial charge in [-0.1, -0.05) is 18.9 Å². The van der Waals surface area contributed by atoms with E-state index in [1.54, 1.807) is 18.2 Å². The first-order valence-electron chi connectivity index (χ1n) is 8.79. The lowest BCUT2D eigenvalue weighted by atomic mass is 10.1. The van der Waals surface area contributed by atoms with Crippen molar-refractivity contribution >= 4 is 23.5 Å². The van der Waals surface area contributed by atoms with Crippen LogP contribution in [0.4, 0.5) is 5.69 Å². The number of nitrogens with one attached hydrogen (secondary N) is 1. The number of carbonyl (C=O) groups is 3. The maximum absolute atomic E-state index is 12.6. The van der Waals surface area contributed by atoms with Gasteiger partial charge in [0.2, 0.25) is 11.8 Å². The number of benzene rings is 1. The second-order valence-electron chi connectivity index (χ2n) is 6.90. The van der Waals surface area contributed by atoms with Crippen molar-refractivity contribution in [2.45, 2.75) is 45.1 Å². The summed E-state index contributed by atoms with van der Waals surface area (Å²) >= 11 is 0. The Hall–Kier alpha value is -2.37. The molecule has 6 heteroatoms. The van der Waals surface area contributed by atoms with E-state index in [1.807, 2.05) is 11.8 Å². The first-order valence-corrected chi connectivity index (χ1v) is 8.79. The molecule has 25 heavy (non-hydrogen) atoms. The fourth-order valence-corrected chi connectivity index (χ4v) is 3.71. The Morgan fingerprint density at radius 2 is 1.96 bits per heavy atom. The van der Waals surface area contributed by atoms with E-state index >= 15 is 0 Å². The lowest BCUT2D eigenvalue weighted by Crippen LogP contribution is -2.35. The molecule has 1 aliphatic heterocycles. The van der Waals surface area contributed by atoms with E-state index in [1.165, 1.54) is 7.11 Å². The Morgan fingerprint density at radius 3 is 2.64 bits per heavy atom. The van der Waals surface area contributed by atoms with Crippen LogP contribution in [0.25, 0.3) is 0 Å². The second kappa shape index (κ2) is 7.25. The average Bonchev–Trinajstić information content (AvgIpc) is 3.25. The predicted molar refractivity (Wildman–Crippen MR) is 93.2 cm³/mol. The van der Waals surface area contributed by atoms with Crippen molar-refractivity contribution in [3.8, 4) is 0 Å². The number of rotatable bonds is 4. The molecule has 1 saturated heterocycles. The summed E-state index contributed by atoms with van der Waals surface area (Å²) in [7, 11) is 1.32. The van der Waals surface area contributed by atoms with Gasteiger partial charge in [-0.2, -0.15) is 0 Å². The molecule has 2 fully saturated rings. The van der Waals surface area contributed by atoms with Crippen LogP contribution in [0.3, 0.4) is 0 Å². The molecule has 2 amide bonds. The number of esters is 1. The number of nitrogens with zero attached hydrogens (tertiary/aromatic N) is 1. The molecule has 1 N–H and O–H groups in total. The summed E-state index contributed by atoms with van der Waals surface area (Å²) in [5, 5.41) is 2.88. The Balaban J connectivity index is 1.68. The van der Waals surface area contributed by atoms with E-state index in [9.17, 15) is 14.4 Å². The molecular formula is C19H24N2O4. The van der Waals surface area contributed by atoms with Crippen molar-refractivity contribution < 1.29 is 19.1 Å². The van der Waals surface area contributed by atoms with E-state index in [4.69, 9.17) is 4.74 Å². The van der Waals surface area contributed by atoms with Gasteiger partial charge in [-0.3, -0.25) is 9.59 Å². The number of likely N-dealkylation sites (tertiary alicyclic amines) is 1. The predicted octanol–water partition coefficient (Wildman–Crippen LogP) is 2.51. The third kappa shape index (κ3) is 3.67. The van der Waals surface area contributed by atoms with Gasteiger partial charge in [-0.05, 0) is 37.5 Å². The van der Waals surface area contributed by atoms with Gasteiger partial charge in [-0.15, -0.1) is 0 Å². The highest BCUT2D eigenvalue weighted by atomic mass is 16.5. The van der Waals surface area contributed by atoms with Gasteiger partial charge in [0.15, 0.2) is 0 Å². The van der Waals surface area contributed by atoms with Crippen molar-refractivity contribution in [1.29, 1.82) is 0 Å². The van der Waals surface area contributed by atoms with E-state index in [0.717, 1.165) is 31.2 Å². The zero-order valence-electron chi connectivity index (χ0n) is 14.7. The summed E-state index contributed by atoms with van der Waals surface area (Å²) in [6.45, 7) is 2.35. The number of hydrogen-bond acceptors (Lipinski definition) is 4. The van der Waals surface area contributed by atoms with Crippen molar-refractivity contribution in [1.82, 2.24) is 4.90 Å². The van der Waals surface area contributed by atoms with E-state index in [0.29, 0.717) is 23.8 Å². The third-order valence-electron chi connectivity index (χ3n) is 5.21. The summed E-state index contributed by atoms with van der Waals surface area (Å²) in [6.07, 6.45) is 4.66. The lowest BCUT2D eigenvalue weighted by Gasteiger charge is -2.24. The van der Waals surface area contributed by atoms with Crippen molar-refractivity contribution in [2.75, 3.05) is 19.0 Å². The molecule has 1 saturated carbocycles. The van der Waals surface area contributed by atoms with Crippen molar-refractivity contribution in [3.05, 3.63) is 29.3 Å². The lowest BCUT2D eigenvalue weighted by molar-refractivity contribution is -0.129. The van der Waals surface area contributed by atoms with Gasteiger partial charge in [0.1, 0.15) is 0 Å². The number of ether oxygens (including phenoxy) is 1. The second-order valence-corrected chi connectivity index (χ2v) is 6.90. The maximum Gasteiger partial charge on any atom is 0.337 e. The highest BCUT2D eigenvalue weighted by Crippen LogP contribution is 2.30.